The van der Waals surface area contributed by atoms with E-state index in [9.17, 15) is 27.1 Å². The normalized spacial score (nSPS) is 20.6. The first-order valence-electron chi connectivity index (χ1n) is 11.4. The Morgan fingerprint density at radius 1 is 1.17 bits per heavy atom. The van der Waals surface area contributed by atoms with Gasteiger partial charge in [0.1, 0.15) is 17.8 Å². The second-order valence-electron chi connectivity index (χ2n) is 10.5. The van der Waals surface area contributed by atoms with Crippen molar-refractivity contribution in [2.24, 2.45) is 0 Å². The molecule has 1 aromatic carbocycles. The average Bonchev–Trinajstić information content (AvgIpc) is 3.18. The van der Waals surface area contributed by atoms with Crippen LogP contribution in [0.4, 0.5) is 33.7 Å². The molecular formula is C24H28F5N5O2. The summed E-state index contributed by atoms with van der Waals surface area (Å²) < 4.78 is 70.4. The lowest BCUT2D eigenvalue weighted by molar-refractivity contribution is -0.148. The van der Waals surface area contributed by atoms with Gasteiger partial charge in [-0.25, -0.2) is 13.8 Å². The quantitative estimate of drug-likeness (QED) is 0.423. The maximum atomic E-state index is 13.0. The van der Waals surface area contributed by atoms with Crippen LogP contribution in [0.15, 0.2) is 22.6 Å². The molecule has 2 aromatic heterocycles. The number of aliphatic hydroxyl groups is 1. The van der Waals surface area contributed by atoms with E-state index in [2.05, 4.69) is 15.5 Å². The predicted octanol–water partition coefficient (Wildman–Crippen LogP) is 5.46. The number of anilines is 2. The van der Waals surface area contributed by atoms with Crippen LogP contribution in [0.1, 0.15) is 44.7 Å². The van der Waals surface area contributed by atoms with Crippen molar-refractivity contribution in [2.75, 3.05) is 23.8 Å². The van der Waals surface area contributed by atoms with Crippen LogP contribution in [-0.2, 0) is 5.41 Å². The van der Waals surface area contributed by atoms with Crippen LogP contribution < -0.4 is 10.2 Å². The molecule has 12 heteroatoms. The molecule has 0 atom stereocenters. The summed E-state index contributed by atoms with van der Waals surface area (Å²) in [7, 11) is 1.40. The van der Waals surface area contributed by atoms with Gasteiger partial charge in [-0.2, -0.15) is 13.2 Å². The Labute approximate surface area is 204 Å². The van der Waals surface area contributed by atoms with Crippen LogP contribution in [0.5, 0.6) is 0 Å². The van der Waals surface area contributed by atoms with Gasteiger partial charge in [0.25, 0.3) is 12.3 Å². The summed E-state index contributed by atoms with van der Waals surface area (Å²) in [6, 6.07) is 4.70. The van der Waals surface area contributed by atoms with Crippen molar-refractivity contribution >= 4 is 22.6 Å². The second-order valence-corrected chi connectivity index (χ2v) is 10.5. The van der Waals surface area contributed by atoms with Gasteiger partial charge in [0.15, 0.2) is 0 Å². The average molecular weight is 514 g/mol. The number of benzene rings is 1. The van der Waals surface area contributed by atoms with Crippen molar-refractivity contribution in [2.45, 2.75) is 70.2 Å². The molecule has 1 aliphatic carbocycles. The number of aromatic nitrogens is 3. The number of alkyl halides is 5. The molecule has 7 nitrogen and oxygen atoms in total. The fourth-order valence-corrected chi connectivity index (χ4v) is 4.37. The molecule has 0 radical (unpaired) electrons. The van der Waals surface area contributed by atoms with E-state index in [1.807, 2.05) is 27.7 Å². The highest BCUT2D eigenvalue weighted by Gasteiger charge is 2.50. The zero-order valence-electron chi connectivity index (χ0n) is 20.5. The first kappa shape index (κ1) is 26.1. The van der Waals surface area contributed by atoms with Crippen molar-refractivity contribution in [3.63, 3.8) is 0 Å². The highest BCUT2D eigenvalue weighted by atomic mass is 19.4. The molecule has 1 aliphatic rings. The minimum absolute atomic E-state index is 0.0195. The van der Waals surface area contributed by atoms with E-state index >= 15 is 0 Å². The van der Waals surface area contributed by atoms with Crippen LogP contribution in [0.3, 0.4) is 0 Å². The SMILES string of the molecule is Cc1cc(-c2nnc(NC3CC(O)(C(F)F)C3)o2)nc2c(C(C)(C)C)cc(N(C)CC(F)(F)F)cc12. The van der Waals surface area contributed by atoms with E-state index in [1.165, 1.54) is 7.05 Å². The Hall–Kier alpha value is -3.02. The standard InChI is InChI=1S/C24H28F5N5O2/c1-12-6-17(19-32-33-21(36-19)30-13-9-23(35,10-13)20(25)26)31-18-15(12)7-14(8-16(18)22(2,3)4)34(5)11-24(27,28)29/h6-8,13,20,35H,9-11H2,1-5H3,(H,30,33). The van der Waals surface area contributed by atoms with Gasteiger partial charge in [0.2, 0.25) is 0 Å². The lowest BCUT2D eigenvalue weighted by atomic mass is 9.76. The van der Waals surface area contributed by atoms with E-state index in [0.29, 0.717) is 22.3 Å². The molecule has 1 fully saturated rings. The maximum absolute atomic E-state index is 13.0. The molecule has 1 saturated carbocycles. The number of aryl methyl sites for hydroxylation is 1. The Balaban J connectivity index is 1.67. The van der Waals surface area contributed by atoms with Crippen molar-refractivity contribution in [3.8, 4) is 11.6 Å². The van der Waals surface area contributed by atoms with Crippen molar-refractivity contribution < 1.29 is 31.5 Å². The summed E-state index contributed by atoms with van der Waals surface area (Å²) in [5.74, 6) is 0.101. The Morgan fingerprint density at radius 2 is 1.83 bits per heavy atom. The van der Waals surface area contributed by atoms with E-state index < -0.39 is 36.2 Å². The molecule has 0 aliphatic heterocycles. The van der Waals surface area contributed by atoms with Crippen molar-refractivity contribution in [3.05, 3.63) is 29.3 Å². The summed E-state index contributed by atoms with van der Waals surface area (Å²) in [6.07, 6.45) is -7.46. The van der Waals surface area contributed by atoms with Gasteiger partial charge >= 0.3 is 12.2 Å². The smallest absolute Gasteiger partial charge is 0.402 e. The summed E-state index contributed by atoms with van der Waals surface area (Å²) >= 11 is 0. The minimum Gasteiger partial charge on any atom is -0.402 e. The molecule has 2 heterocycles. The van der Waals surface area contributed by atoms with Gasteiger partial charge in [-0.15, -0.1) is 5.10 Å². The molecule has 36 heavy (non-hydrogen) atoms. The zero-order valence-corrected chi connectivity index (χ0v) is 20.5. The van der Waals surface area contributed by atoms with Crippen LogP contribution in [0, 0.1) is 6.92 Å². The molecule has 3 aromatic rings. The number of hydrogen-bond acceptors (Lipinski definition) is 7. The number of rotatable bonds is 6. The monoisotopic (exact) mass is 513 g/mol. The number of nitrogens with one attached hydrogen (secondary N) is 1. The fraction of sp³-hybridized carbons (Fsp3) is 0.542. The van der Waals surface area contributed by atoms with Crippen molar-refractivity contribution in [1.29, 1.82) is 0 Å². The molecule has 196 valence electrons. The third-order valence-electron chi connectivity index (χ3n) is 6.35. The van der Waals surface area contributed by atoms with E-state index in [-0.39, 0.29) is 24.7 Å². The van der Waals surface area contributed by atoms with E-state index in [0.717, 1.165) is 16.0 Å². The van der Waals surface area contributed by atoms with Crippen LogP contribution in [0.25, 0.3) is 22.5 Å². The maximum Gasteiger partial charge on any atom is 0.405 e. The zero-order chi connectivity index (χ0) is 26.6. The van der Waals surface area contributed by atoms with Gasteiger partial charge in [-0.1, -0.05) is 25.9 Å². The van der Waals surface area contributed by atoms with Gasteiger partial charge < -0.3 is 19.7 Å². The third kappa shape index (κ3) is 5.23. The highest BCUT2D eigenvalue weighted by Crippen LogP contribution is 2.40. The molecule has 0 bridgehead atoms. The van der Waals surface area contributed by atoms with Crippen LogP contribution in [0.2, 0.25) is 0 Å². The van der Waals surface area contributed by atoms with Gasteiger partial charge in [0.05, 0.1) is 5.52 Å². The first-order chi connectivity index (χ1) is 16.6. The lowest BCUT2D eigenvalue weighted by Gasteiger charge is -2.42. The Kier molecular flexibility index (Phi) is 6.39. The second kappa shape index (κ2) is 8.82. The minimum atomic E-state index is -4.34. The lowest BCUT2D eigenvalue weighted by Crippen LogP contribution is -2.55. The molecule has 0 unspecified atom stereocenters. The number of pyridine rings is 1. The summed E-state index contributed by atoms with van der Waals surface area (Å²) in [4.78, 5) is 5.88. The van der Waals surface area contributed by atoms with Crippen LogP contribution in [-0.4, -0.2) is 58.1 Å². The number of hydrogen-bond donors (Lipinski definition) is 2. The van der Waals surface area contributed by atoms with Crippen LogP contribution >= 0.6 is 0 Å². The Bertz CT molecular complexity index is 1260. The van der Waals surface area contributed by atoms with Crippen molar-refractivity contribution in [1.82, 2.24) is 15.2 Å². The summed E-state index contributed by atoms with van der Waals surface area (Å²) in [6.45, 7) is 6.59. The predicted molar refractivity (Wildman–Crippen MR) is 125 cm³/mol. The molecule has 2 N–H and O–H groups in total. The van der Waals surface area contributed by atoms with E-state index in [4.69, 9.17) is 9.40 Å². The summed E-state index contributed by atoms with van der Waals surface area (Å²) in [5.41, 5.74) is 0.488. The Morgan fingerprint density at radius 3 is 2.42 bits per heavy atom. The van der Waals surface area contributed by atoms with Gasteiger partial charge in [-0.3, -0.25) is 0 Å². The molecule has 0 spiro atoms. The first-order valence-corrected chi connectivity index (χ1v) is 11.4. The molecule has 4 rings (SSSR count). The van der Waals surface area contributed by atoms with Gasteiger partial charge in [-0.05, 0) is 41.7 Å². The summed E-state index contributed by atoms with van der Waals surface area (Å²) in [5, 5.41) is 21.2. The highest BCUT2D eigenvalue weighted by molar-refractivity contribution is 5.91. The largest absolute Gasteiger partial charge is 0.405 e. The van der Waals surface area contributed by atoms with E-state index in [1.54, 1.807) is 18.2 Å². The van der Waals surface area contributed by atoms with Gasteiger partial charge in [0, 0.05) is 37.0 Å². The number of nitrogens with zero attached hydrogens (tertiary/aromatic N) is 4. The fourth-order valence-electron chi connectivity index (χ4n) is 4.37. The third-order valence-corrected chi connectivity index (χ3v) is 6.35. The molecule has 0 amide bonds. The number of fused-ring (bicyclic) bond motifs is 1. The topological polar surface area (TPSA) is 87.3 Å². The molecular weight excluding hydrogens is 485 g/mol. The number of halogens is 5. The molecule has 0 saturated heterocycles.